The van der Waals surface area contributed by atoms with Gasteiger partial charge in [0.25, 0.3) is 11.8 Å². The molecule has 0 radical (unpaired) electrons. The third-order valence-corrected chi connectivity index (χ3v) is 4.38. The Balaban J connectivity index is 1.73. The third-order valence-electron chi connectivity index (χ3n) is 4.38. The van der Waals surface area contributed by atoms with Crippen LogP contribution in [0, 0.1) is 0 Å². The summed E-state index contributed by atoms with van der Waals surface area (Å²) < 4.78 is 10.6. The van der Waals surface area contributed by atoms with Gasteiger partial charge in [-0.15, -0.1) is 0 Å². The van der Waals surface area contributed by atoms with Gasteiger partial charge in [-0.2, -0.15) is 0 Å². The molecule has 8 heteroatoms. The summed E-state index contributed by atoms with van der Waals surface area (Å²) in [4.78, 5) is 36.2. The molecule has 152 valence electrons. The number of benzene rings is 2. The monoisotopic (exact) mass is 397 g/mol. The maximum Gasteiger partial charge on any atom is 0.255 e. The molecule has 8 nitrogen and oxygen atoms in total. The van der Waals surface area contributed by atoms with E-state index in [0.717, 1.165) is 6.42 Å². The van der Waals surface area contributed by atoms with E-state index in [9.17, 15) is 14.4 Å². The highest BCUT2D eigenvalue weighted by atomic mass is 16.5. The summed E-state index contributed by atoms with van der Waals surface area (Å²) in [7, 11) is 1.49. The first kappa shape index (κ1) is 20.3. The molecule has 3 N–H and O–H groups in total. The largest absolute Gasteiger partial charge is 0.495 e. The Morgan fingerprint density at radius 1 is 1.03 bits per heavy atom. The summed E-state index contributed by atoms with van der Waals surface area (Å²) in [6, 6.07) is 11.6. The van der Waals surface area contributed by atoms with Crippen LogP contribution < -0.4 is 20.7 Å². The van der Waals surface area contributed by atoms with E-state index >= 15 is 0 Å². The fourth-order valence-electron chi connectivity index (χ4n) is 3.03. The molecule has 0 aromatic heterocycles. The second-order valence-electron chi connectivity index (χ2n) is 6.62. The molecule has 0 saturated carbocycles. The van der Waals surface area contributed by atoms with Crippen molar-refractivity contribution in [1.29, 1.82) is 0 Å². The van der Waals surface area contributed by atoms with Crippen LogP contribution >= 0.6 is 0 Å². The molecule has 1 saturated heterocycles. The van der Waals surface area contributed by atoms with E-state index in [1.54, 1.807) is 42.5 Å². The molecule has 1 aliphatic heterocycles. The zero-order valence-corrected chi connectivity index (χ0v) is 16.3. The average Bonchev–Trinajstić information content (AvgIpc) is 3.23. The summed E-state index contributed by atoms with van der Waals surface area (Å²) in [5.74, 6) is -0.362. The lowest BCUT2D eigenvalue weighted by molar-refractivity contribution is -0.124. The second-order valence-corrected chi connectivity index (χ2v) is 6.62. The topological polar surface area (TPSA) is 106 Å². The quantitative estimate of drug-likeness (QED) is 0.695. The van der Waals surface area contributed by atoms with Crippen LogP contribution in [0.25, 0.3) is 0 Å². The smallest absolute Gasteiger partial charge is 0.255 e. The number of carbonyl (C=O) groups excluding carboxylic acids is 3. The highest BCUT2D eigenvalue weighted by Crippen LogP contribution is 2.28. The maximum atomic E-state index is 12.7. The van der Waals surface area contributed by atoms with Gasteiger partial charge in [-0.3, -0.25) is 14.4 Å². The number of amides is 3. The van der Waals surface area contributed by atoms with Crippen LogP contribution in [-0.2, 0) is 14.3 Å². The lowest BCUT2D eigenvalue weighted by Gasteiger charge is -2.13. The number of hydrogen-bond acceptors (Lipinski definition) is 5. The summed E-state index contributed by atoms with van der Waals surface area (Å²) >= 11 is 0. The second kappa shape index (κ2) is 9.20. The van der Waals surface area contributed by atoms with Crippen molar-refractivity contribution in [2.24, 2.45) is 0 Å². The van der Waals surface area contributed by atoms with Gasteiger partial charge in [0.15, 0.2) is 0 Å². The first-order chi connectivity index (χ1) is 14.0. The van der Waals surface area contributed by atoms with Crippen LogP contribution in [-0.4, -0.2) is 37.5 Å². The normalized spacial score (nSPS) is 15.4. The molecule has 29 heavy (non-hydrogen) atoms. The van der Waals surface area contributed by atoms with Crippen molar-refractivity contribution in [3.8, 4) is 5.75 Å². The van der Waals surface area contributed by atoms with E-state index in [1.165, 1.54) is 14.0 Å². The molecule has 1 atom stereocenters. The molecule has 3 amide bonds. The lowest BCUT2D eigenvalue weighted by atomic mass is 10.1. The van der Waals surface area contributed by atoms with Crippen LogP contribution in [0.5, 0.6) is 5.75 Å². The van der Waals surface area contributed by atoms with Crippen LogP contribution in [0.4, 0.5) is 17.1 Å². The van der Waals surface area contributed by atoms with E-state index < -0.39 is 6.10 Å². The molecule has 1 unspecified atom stereocenters. The summed E-state index contributed by atoms with van der Waals surface area (Å²) in [6.07, 6.45) is 1.10. The van der Waals surface area contributed by atoms with Crippen molar-refractivity contribution < 1.29 is 23.9 Å². The highest BCUT2D eigenvalue weighted by molar-refractivity contribution is 6.06. The van der Waals surface area contributed by atoms with E-state index in [-0.39, 0.29) is 17.7 Å². The number of nitrogens with one attached hydrogen (secondary N) is 3. The van der Waals surface area contributed by atoms with Crippen molar-refractivity contribution in [2.75, 3.05) is 29.7 Å². The van der Waals surface area contributed by atoms with Crippen LogP contribution in [0.2, 0.25) is 0 Å². The maximum absolute atomic E-state index is 12.7. The van der Waals surface area contributed by atoms with Gasteiger partial charge in [-0.25, -0.2) is 0 Å². The lowest BCUT2D eigenvalue weighted by Crippen LogP contribution is -2.27. The Bertz CT molecular complexity index is 922. The molecule has 2 aromatic carbocycles. The molecule has 3 rings (SSSR count). The molecular weight excluding hydrogens is 374 g/mol. The van der Waals surface area contributed by atoms with Gasteiger partial charge in [-0.1, -0.05) is 6.07 Å². The Morgan fingerprint density at radius 3 is 2.52 bits per heavy atom. The molecule has 2 aromatic rings. The van der Waals surface area contributed by atoms with Crippen molar-refractivity contribution in [2.45, 2.75) is 25.9 Å². The van der Waals surface area contributed by atoms with Crippen molar-refractivity contribution in [3.05, 3.63) is 48.0 Å². The van der Waals surface area contributed by atoms with Gasteiger partial charge in [0.2, 0.25) is 5.91 Å². The van der Waals surface area contributed by atoms with E-state index in [2.05, 4.69) is 16.0 Å². The number of methoxy groups -OCH3 is 1. The molecule has 0 aliphatic carbocycles. The standard InChI is InChI=1S/C21H23N3O5/c1-13(25)22-16-8-9-18(28-2)17(12-16)24-20(26)14-5-3-6-15(11-14)23-21(27)19-7-4-10-29-19/h3,5-6,8-9,11-12,19H,4,7,10H2,1-2H3,(H,22,25)(H,23,27)(H,24,26). The predicted octanol–water partition coefficient (Wildman–Crippen LogP) is 3.02. The van der Waals surface area contributed by atoms with Gasteiger partial charge >= 0.3 is 0 Å². The average molecular weight is 397 g/mol. The molecule has 0 bridgehead atoms. The Labute approximate surface area is 168 Å². The SMILES string of the molecule is COc1ccc(NC(C)=O)cc1NC(=O)c1cccc(NC(=O)C2CCCO2)c1. The Morgan fingerprint density at radius 2 is 1.83 bits per heavy atom. The van der Waals surface area contributed by atoms with Crippen LogP contribution in [0.3, 0.4) is 0 Å². The van der Waals surface area contributed by atoms with Gasteiger partial charge in [-0.05, 0) is 49.2 Å². The predicted molar refractivity (Wildman–Crippen MR) is 109 cm³/mol. The number of carbonyl (C=O) groups is 3. The Hall–Kier alpha value is -3.39. The molecular formula is C21H23N3O5. The molecule has 0 spiro atoms. The molecule has 1 fully saturated rings. The van der Waals surface area contributed by atoms with E-state index in [1.807, 2.05) is 0 Å². The first-order valence-electron chi connectivity index (χ1n) is 9.26. The van der Waals surface area contributed by atoms with Gasteiger partial charge in [0, 0.05) is 30.5 Å². The minimum absolute atomic E-state index is 0.218. The zero-order valence-electron chi connectivity index (χ0n) is 16.3. The highest BCUT2D eigenvalue weighted by Gasteiger charge is 2.23. The van der Waals surface area contributed by atoms with Gasteiger partial charge in [0.1, 0.15) is 11.9 Å². The van der Waals surface area contributed by atoms with Crippen molar-refractivity contribution >= 4 is 34.8 Å². The summed E-state index contributed by atoms with van der Waals surface area (Å²) in [5.41, 5.74) is 1.82. The van der Waals surface area contributed by atoms with E-state index in [0.29, 0.717) is 41.4 Å². The zero-order chi connectivity index (χ0) is 20.8. The molecule has 1 aliphatic rings. The van der Waals surface area contributed by atoms with E-state index in [4.69, 9.17) is 9.47 Å². The Kier molecular flexibility index (Phi) is 6.46. The van der Waals surface area contributed by atoms with Crippen LogP contribution in [0.1, 0.15) is 30.1 Å². The van der Waals surface area contributed by atoms with Crippen molar-refractivity contribution in [3.63, 3.8) is 0 Å². The van der Waals surface area contributed by atoms with Gasteiger partial charge < -0.3 is 25.4 Å². The first-order valence-corrected chi connectivity index (χ1v) is 9.26. The van der Waals surface area contributed by atoms with Crippen molar-refractivity contribution in [1.82, 2.24) is 0 Å². The molecule has 1 heterocycles. The number of anilines is 3. The minimum atomic E-state index is -0.451. The van der Waals surface area contributed by atoms with Gasteiger partial charge in [0.05, 0.1) is 12.8 Å². The summed E-state index contributed by atoms with van der Waals surface area (Å²) in [6.45, 7) is 1.98. The fourth-order valence-corrected chi connectivity index (χ4v) is 3.03. The number of rotatable bonds is 6. The minimum Gasteiger partial charge on any atom is -0.495 e. The third kappa shape index (κ3) is 5.32. The number of ether oxygens (including phenoxy) is 2. The fraction of sp³-hybridized carbons (Fsp3) is 0.286. The summed E-state index contributed by atoms with van der Waals surface area (Å²) in [5, 5.41) is 8.22. The number of hydrogen-bond donors (Lipinski definition) is 3. The van der Waals surface area contributed by atoms with Crippen LogP contribution in [0.15, 0.2) is 42.5 Å².